The van der Waals surface area contributed by atoms with Crippen molar-refractivity contribution in [1.29, 1.82) is 0 Å². The Hall–Kier alpha value is -1.51. The topological polar surface area (TPSA) is 69.7 Å². The van der Waals surface area contributed by atoms with Gasteiger partial charge in [0.25, 0.3) is 0 Å². The maximum Gasteiger partial charge on any atom is 0.223 e. The van der Waals surface area contributed by atoms with Crippen molar-refractivity contribution in [3.05, 3.63) is 35.6 Å². The summed E-state index contributed by atoms with van der Waals surface area (Å²) in [5.74, 6) is -0.602. The molecule has 0 radical (unpaired) electrons. The summed E-state index contributed by atoms with van der Waals surface area (Å²) in [7, 11) is -3.46. The molecule has 2 aliphatic rings. The first-order valence-corrected chi connectivity index (χ1v) is 11.8. The van der Waals surface area contributed by atoms with E-state index in [1.54, 1.807) is 0 Å². The number of rotatable bonds is 8. The average molecular weight is 412 g/mol. The van der Waals surface area contributed by atoms with E-state index in [1.165, 1.54) is 54.5 Å². The largest absolute Gasteiger partial charge is 0.356 e. The number of likely N-dealkylation sites (tertiary alicyclic amines) is 1. The summed E-state index contributed by atoms with van der Waals surface area (Å²) in [6.07, 6.45) is 4.59. The zero-order valence-corrected chi connectivity index (χ0v) is 17.1. The summed E-state index contributed by atoms with van der Waals surface area (Å²) in [6.45, 7) is 4.75. The van der Waals surface area contributed by atoms with Crippen LogP contribution in [0, 0.1) is 11.7 Å². The first-order chi connectivity index (χ1) is 13.4. The minimum atomic E-state index is -3.46. The molecule has 2 heterocycles. The number of carbonyl (C=O) groups is 1. The van der Waals surface area contributed by atoms with Crippen LogP contribution in [0.4, 0.5) is 4.39 Å². The van der Waals surface area contributed by atoms with Gasteiger partial charge in [-0.25, -0.2) is 17.1 Å². The maximum absolute atomic E-state index is 13.0. The van der Waals surface area contributed by atoms with Crippen molar-refractivity contribution in [3.8, 4) is 0 Å². The zero-order valence-electron chi connectivity index (χ0n) is 16.3. The van der Waals surface area contributed by atoms with Gasteiger partial charge in [-0.1, -0.05) is 12.1 Å². The van der Waals surface area contributed by atoms with Gasteiger partial charge in [-0.05, 0) is 69.4 Å². The predicted octanol–water partition coefficient (Wildman–Crippen LogP) is 1.97. The molecule has 0 atom stereocenters. The molecule has 156 valence electrons. The molecule has 0 unspecified atom stereocenters. The first-order valence-electron chi connectivity index (χ1n) is 10.2. The minimum absolute atomic E-state index is 0.0389. The van der Waals surface area contributed by atoms with Gasteiger partial charge in [0.05, 0.1) is 5.75 Å². The molecule has 1 N–H and O–H groups in total. The fourth-order valence-electron chi connectivity index (χ4n) is 3.94. The van der Waals surface area contributed by atoms with Gasteiger partial charge in [-0.15, -0.1) is 0 Å². The molecule has 1 amide bonds. The number of piperidine rings is 1. The number of carbonyl (C=O) groups excluding carboxylic acids is 1. The molecule has 2 saturated heterocycles. The van der Waals surface area contributed by atoms with Crippen LogP contribution >= 0.6 is 0 Å². The summed E-state index contributed by atoms with van der Waals surface area (Å²) < 4.78 is 39.6. The van der Waals surface area contributed by atoms with Crippen LogP contribution in [0.5, 0.6) is 0 Å². The quantitative estimate of drug-likeness (QED) is 0.664. The second-order valence-corrected chi connectivity index (χ2v) is 9.72. The van der Waals surface area contributed by atoms with Crippen molar-refractivity contribution < 1.29 is 17.6 Å². The van der Waals surface area contributed by atoms with Crippen molar-refractivity contribution in [1.82, 2.24) is 14.5 Å². The van der Waals surface area contributed by atoms with Gasteiger partial charge in [0.1, 0.15) is 5.82 Å². The summed E-state index contributed by atoms with van der Waals surface area (Å²) in [6, 6.07) is 5.53. The lowest BCUT2D eigenvalue weighted by molar-refractivity contribution is -0.126. The van der Waals surface area contributed by atoms with E-state index in [1.807, 2.05) is 0 Å². The summed E-state index contributed by atoms with van der Waals surface area (Å²) >= 11 is 0. The number of nitrogens with one attached hydrogen (secondary N) is 1. The Morgan fingerprint density at radius 3 is 2.36 bits per heavy atom. The molecule has 0 spiro atoms. The van der Waals surface area contributed by atoms with E-state index in [4.69, 9.17) is 0 Å². The first kappa shape index (κ1) is 21.2. The number of amides is 1. The highest BCUT2D eigenvalue weighted by Gasteiger charge is 2.31. The van der Waals surface area contributed by atoms with E-state index >= 15 is 0 Å². The van der Waals surface area contributed by atoms with Crippen LogP contribution in [0.1, 0.15) is 37.7 Å². The van der Waals surface area contributed by atoms with Crippen molar-refractivity contribution in [2.75, 3.05) is 39.3 Å². The Morgan fingerprint density at radius 1 is 1.07 bits per heavy atom. The van der Waals surface area contributed by atoms with Crippen LogP contribution in [0.25, 0.3) is 0 Å². The summed E-state index contributed by atoms with van der Waals surface area (Å²) in [5.41, 5.74) is 0.569. The van der Waals surface area contributed by atoms with Gasteiger partial charge < -0.3 is 10.2 Å². The van der Waals surface area contributed by atoms with E-state index < -0.39 is 10.0 Å². The van der Waals surface area contributed by atoms with Gasteiger partial charge in [0.15, 0.2) is 0 Å². The minimum Gasteiger partial charge on any atom is -0.356 e. The van der Waals surface area contributed by atoms with Crippen LogP contribution in [-0.2, 0) is 20.6 Å². The molecule has 0 aliphatic carbocycles. The Balaban J connectivity index is 1.39. The van der Waals surface area contributed by atoms with Gasteiger partial charge in [-0.2, -0.15) is 0 Å². The number of halogens is 1. The van der Waals surface area contributed by atoms with Crippen LogP contribution < -0.4 is 5.32 Å². The Bertz CT molecular complexity index is 740. The second-order valence-electron chi connectivity index (χ2n) is 7.75. The summed E-state index contributed by atoms with van der Waals surface area (Å²) in [5, 5.41) is 3.01. The molecule has 2 fully saturated rings. The molecule has 6 nitrogen and oxygen atoms in total. The Labute approximate surface area is 167 Å². The standard InChI is InChI=1S/C20H30FN3O3S/c21-19-6-4-17(5-7-19)16-28(26,27)24-14-8-18(9-15-24)20(25)22-10-3-13-23-11-1-2-12-23/h4-7,18H,1-3,8-16H2,(H,22,25). The fourth-order valence-corrected chi connectivity index (χ4v) is 5.51. The molecule has 28 heavy (non-hydrogen) atoms. The molecule has 3 rings (SSSR count). The number of hydrogen-bond acceptors (Lipinski definition) is 4. The lowest BCUT2D eigenvalue weighted by atomic mass is 9.97. The normalized spacial score (nSPS) is 19.8. The third-order valence-electron chi connectivity index (χ3n) is 5.63. The smallest absolute Gasteiger partial charge is 0.223 e. The van der Waals surface area contributed by atoms with Gasteiger partial charge in [-0.3, -0.25) is 4.79 Å². The van der Waals surface area contributed by atoms with E-state index in [9.17, 15) is 17.6 Å². The van der Waals surface area contributed by atoms with Gasteiger partial charge >= 0.3 is 0 Å². The molecule has 8 heteroatoms. The number of sulfonamides is 1. The van der Waals surface area contributed by atoms with Crippen LogP contribution in [-0.4, -0.2) is 62.8 Å². The van der Waals surface area contributed by atoms with E-state index in [0.717, 1.165) is 13.0 Å². The van der Waals surface area contributed by atoms with Gasteiger partial charge in [0.2, 0.25) is 15.9 Å². The van der Waals surface area contributed by atoms with Crippen molar-refractivity contribution in [3.63, 3.8) is 0 Å². The highest BCUT2D eigenvalue weighted by molar-refractivity contribution is 7.88. The molecular formula is C20H30FN3O3S. The number of hydrogen-bond donors (Lipinski definition) is 1. The second kappa shape index (κ2) is 9.80. The zero-order chi connectivity index (χ0) is 20.0. The molecule has 0 saturated carbocycles. The van der Waals surface area contributed by atoms with E-state index in [-0.39, 0.29) is 23.4 Å². The SMILES string of the molecule is O=C(NCCCN1CCCC1)C1CCN(S(=O)(=O)Cc2ccc(F)cc2)CC1. The summed E-state index contributed by atoms with van der Waals surface area (Å²) in [4.78, 5) is 14.8. The maximum atomic E-state index is 13.0. The average Bonchev–Trinajstić information content (AvgIpc) is 3.20. The molecule has 0 bridgehead atoms. The number of benzene rings is 1. The third kappa shape index (κ3) is 5.99. The van der Waals surface area contributed by atoms with Crippen LogP contribution in [0.15, 0.2) is 24.3 Å². The van der Waals surface area contributed by atoms with Crippen LogP contribution in [0.2, 0.25) is 0 Å². The highest BCUT2D eigenvalue weighted by Crippen LogP contribution is 2.22. The van der Waals surface area contributed by atoms with Crippen LogP contribution in [0.3, 0.4) is 0 Å². The number of nitrogens with zero attached hydrogens (tertiary/aromatic N) is 2. The molecule has 0 aromatic heterocycles. The van der Waals surface area contributed by atoms with Gasteiger partial charge in [0, 0.05) is 25.6 Å². The Kier molecular flexibility index (Phi) is 7.42. The van der Waals surface area contributed by atoms with Crippen molar-refractivity contribution >= 4 is 15.9 Å². The highest BCUT2D eigenvalue weighted by atomic mass is 32.2. The Morgan fingerprint density at radius 2 is 1.71 bits per heavy atom. The predicted molar refractivity (Wildman–Crippen MR) is 107 cm³/mol. The van der Waals surface area contributed by atoms with Crippen molar-refractivity contribution in [2.45, 2.75) is 37.9 Å². The van der Waals surface area contributed by atoms with E-state index in [2.05, 4.69) is 10.2 Å². The van der Waals surface area contributed by atoms with E-state index in [0.29, 0.717) is 38.0 Å². The van der Waals surface area contributed by atoms with Crippen molar-refractivity contribution in [2.24, 2.45) is 5.92 Å². The lowest BCUT2D eigenvalue weighted by Gasteiger charge is -2.30. The molecule has 2 aliphatic heterocycles. The fraction of sp³-hybridized carbons (Fsp3) is 0.650. The molecular weight excluding hydrogens is 381 g/mol. The monoisotopic (exact) mass is 411 g/mol. The molecule has 1 aromatic rings. The molecule has 1 aromatic carbocycles. The lowest BCUT2D eigenvalue weighted by Crippen LogP contribution is -2.43. The third-order valence-corrected chi connectivity index (χ3v) is 7.48.